The van der Waals surface area contributed by atoms with Gasteiger partial charge in [-0.15, -0.1) is 0 Å². The number of oxazole rings is 1. The van der Waals surface area contributed by atoms with Crippen LogP contribution in [0.2, 0.25) is 5.02 Å². The van der Waals surface area contributed by atoms with Crippen LogP contribution in [0.5, 0.6) is 5.75 Å². The van der Waals surface area contributed by atoms with E-state index in [1.165, 1.54) is 5.56 Å². The zero-order valence-corrected chi connectivity index (χ0v) is 18.1. The van der Waals surface area contributed by atoms with E-state index >= 15 is 0 Å². The lowest BCUT2D eigenvalue weighted by Gasteiger charge is -2.08. The summed E-state index contributed by atoms with van der Waals surface area (Å²) in [7, 11) is 0. The highest BCUT2D eigenvalue weighted by molar-refractivity contribution is 6.30. The summed E-state index contributed by atoms with van der Waals surface area (Å²) in [6.07, 6.45) is 1.08. The molecule has 1 heterocycles. The summed E-state index contributed by atoms with van der Waals surface area (Å²) in [4.78, 5) is 16.8. The first-order chi connectivity index (χ1) is 15.0. The van der Waals surface area contributed by atoms with Gasteiger partial charge in [-0.1, -0.05) is 31.5 Å². The molecule has 0 saturated heterocycles. The number of nitrogens with one attached hydrogen (secondary N) is 1. The van der Waals surface area contributed by atoms with E-state index in [4.69, 9.17) is 20.8 Å². The third-order valence-electron chi connectivity index (χ3n) is 5.19. The summed E-state index contributed by atoms with van der Waals surface area (Å²) in [5, 5.41) is 3.43. The average molecular weight is 435 g/mol. The predicted molar refractivity (Wildman–Crippen MR) is 124 cm³/mol. The van der Waals surface area contributed by atoms with Crippen molar-refractivity contribution in [1.82, 2.24) is 4.98 Å². The quantitative estimate of drug-likeness (QED) is 0.352. The Balaban J connectivity index is 1.40. The number of ether oxygens (including phenoxy) is 1. The minimum Gasteiger partial charge on any atom is -0.484 e. The van der Waals surface area contributed by atoms with Crippen LogP contribution >= 0.6 is 11.6 Å². The maximum atomic E-state index is 12.1. The highest BCUT2D eigenvalue weighted by Crippen LogP contribution is 2.28. The van der Waals surface area contributed by atoms with Crippen LogP contribution in [-0.4, -0.2) is 17.5 Å². The molecule has 0 radical (unpaired) electrons. The monoisotopic (exact) mass is 434 g/mol. The van der Waals surface area contributed by atoms with Gasteiger partial charge in [0, 0.05) is 16.3 Å². The first kappa shape index (κ1) is 20.9. The molecule has 158 valence electrons. The molecule has 1 N–H and O–H groups in total. The van der Waals surface area contributed by atoms with Gasteiger partial charge in [-0.3, -0.25) is 4.79 Å². The minimum absolute atomic E-state index is 0.0902. The second-order valence-corrected chi connectivity index (χ2v) is 7.86. The van der Waals surface area contributed by atoms with Crippen molar-refractivity contribution >= 4 is 34.3 Å². The molecule has 4 aromatic rings. The molecule has 0 aliphatic rings. The van der Waals surface area contributed by atoms with Gasteiger partial charge in [-0.2, -0.15) is 0 Å². The summed E-state index contributed by atoms with van der Waals surface area (Å²) < 4.78 is 11.4. The normalized spacial score (nSPS) is 12.0. The van der Waals surface area contributed by atoms with E-state index in [2.05, 4.69) is 36.3 Å². The first-order valence-corrected chi connectivity index (χ1v) is 10.6. The third kappa shape index (κ3) is 5.06. The molecule has 0 aliphatic carbocycles. The maximum absolute atomic E-state index is 12.1. The summed E-state index contributed by atoms with van der Waals surface area (Å²) in [5.41, 5.74) is 4.39. The predicted octanol–water partition coefficient (Wildman–Crippen LogP) is 6.68. The van der Waals surface area contributed by atoms with Crippen LogP contribution in [0.3, 0.4) is 0 Å². The molecular weight excluding hydrogens is 412 g/mol. The summed E-state index contributed by atoms with van der Waals surface area (Å²) in [6, 6.07) is 20.4. The zero-order chi connectivity index (χ0) is 21.8. The van der Waals surface area contributed by atoms with Gasteiger partial charge in [0.05, 0.1) is 0 Å². The van der Waals surface area contributed by atoms with Crippen LogP contribution in [0.1, 0.15) is 31.7 Å². The van der Waals surface area contributed by atoms with Gasteiger partial charge >= 0.3 is 0 Å². The molecule has 1 aromatic heterocycles. The van der Waals surface area contributed by atoms with Crippen molar-refractivity contribution in [1.29, 1.82) is 0 Å². The molecule has 0 bridgehead atoms. The molecule has 0 aliphatic heterocycles. The smallest absolute Gasteiger partial charge is 0.262 e. The lowest BCUT2D eigenvalue weighted by Crippen LogP contribution is -2.20. The molecule has 5 nitrogen and oxygen atoms in total. The molecule has 4 rings (SSSR count). The van der Waals surface area contributed by atoms with Crippen LogP contribution in [-0.2, 0) is 4.79 Å². The minimum atomic E-state index is -0.248. The molecule has 0 saturated carbocycles. The Bertz CT molecular complexity index is 1180. The number of hydrogen-bond acceptors (Lipinski definition) is 4. The number of anilines is 1. The second-order valence-electron chi connectivity index (χ2n) is 7.42. The molecule has 0 fully saturated rings. The van der Waals surface area contributed by atoms with E-state index in [1.54, 1.807) is 24.3 Å². The molecule has 1 amide bonds. The molecule has 1 atom stereocenters. The number of fused-ring (bicyclic) bond motifs is 1. The molecule has 31 heavy (non-hydrogen) atoms. The van der Waals surface area contributed by atoms with Gasteiger partial charge < -0.3 is 14.5 Å². The average Bonchev–Trinajstić information content (AvgIpc) is 3.22. The fourth-order valence-electron chi connectivity index (χ4n) is 3.18. The van der Waals surface area contributed by atoms with E-state index in [1.807, 2.05) is 30.3 Å². The number of amides is 1. The van der Waals surface area contributed by atoms with Gasteiger partial charge in [0.15, 0.2) is 12.2 Å². The Kier molecular flexibility index (Phi) is 6.23. The molecule has 0 spiro atoms. The standard InChI is InChI=1S/C25H23ClN2O3/c1-3-16(2)18-6-13-23-22(14-18)28-25(31-23)17-4-9-20(10-5-17)27-24(29)15-30-21-11-7-19(26)8-12-21/h4-14,16H,3,15H2,1-2H3,(H,27,29). The lowest BCUT2D eigenvalue weighted by molar-refractivity contribution is -0.118. The van der Waals surface area contributed by atoms with Gasteiger partial charge in [0.1, 0.15) is 11.3 Å². The zero-order valence-electron chi connectivity index (χ0n) is 17.4. The van der Waals surface area contributed by atoms with Gasteiger partial charge in [-0.25, -0.2) is 4.98 Å². The van der Waals surface area contributed by atoms with Crippen molar-refractivity contribution < 1.29 is 13.9 Å². The Morgan fingerprint density at radius 3 is 2.55 bits per heavy atom. The van der Waals surface area contributed by atoms with Crippen molar-refractivity contribution in [3.63, 3.8) is 0 Å². The maximum Gasteiger partial charge on any atom is 0.262 e. The third-order valence-corrected chi connectivity index (χ3v) is 5.44. The Morgan fingerprint density at radius 1 is 1.10 bits per heavy atom. The van der Waals surface area contributed by atoms with Gasteiger partial charge in [0.2, 0.25) is 5.89 Å². The summed E-state index contributed by atoms with van der Waals surface area (Å²) >= 11 is 5.84. The van der Waals surface area contributed by atoms with E-state index in [-0.39, 0.29) is 12.5 Å². The number of rotatable bonds is 7. The first-order valence-electron chi connectivity index (χ1n) is 10.2. The van der Waals surface area contributed by atoms with E-state index in [9.17, 15) is 4.79 Å². The molecule has 6 heteroatoms. The van der Waals surface area contributed by atoms with Crippen LogP contribution < -0.4 is 10.1 Å². The van der Waals surface area contributed by atoms with Crippen LogP contribution in [0.25, 0.3) is 22.6 Å². The van der Waals surface area contributed by atoms with Crippen molar-refractivity contribution in [3.8, 4) is 17.2 Å². The van der Waals surface area contributed by atoms with Crippen molar-refractivity contribution in [3.05, 3.63) is 77.3 Å². The molecule has 1 unspecified atom stereocenters. The number of benzene rings is 3. The second kappa shape index (κ2) is 9.23. The number of carbonyl (C=O) groups is 1. The van der Waals surface area contributed by atoms with Crippen LogP contribution in [0.15, 0.2) is 71.1 Å². The summed E-state index contributed by atoms with van der Waals surface area (Å²) in [6.45, 7) is 4.29. The molecule has 3 aromatic carbocycles. The summed E-state index contributed by atoms with van der Waals surface area (Å²) in [5.74, 6) is 1.38. The van der Waals surface area contributed by atoms with Gasteiger partial charge in [0.25, 0.3) is 5.91 Å². The van der Waals surface area contributed by atoms with Crippen LogP contribution in [0, 0.1) is 0 Å². The van der Waals surface area contributed by atoms with E-state index in [0.29, 0.717) is 28.3 Å². The van der Waals surface area contributed by atoms with Crippen molar-refractivity contribution in [2.24, 2.45) is 0 Å². The Morgan fingerprint density at radius 2 is 1.84 bits per heavy atom. The Labute approximate surface area is 186 Å². The largest absolute Gasteiger partial charge is 0.484 e. The van der Waals surface area contributed by atoms with E-state index in [0.717, 1.165) is 23.1 Å². The molecular formula is C25H23ClN2O3. The van der Waals surface area contributed by atoms with Crippen LogP contribution in [0.4, 0.5) is 5.69 Å². The Hall–Kier alpha value is -3.31. The van der Waals surface area contributed by atoms with Crippen molar-refractivity contribution in [2.75, 3.05) is 11.9 Å². The number of carbonyl (C=O) groups excluding carboxylic acids is 1. The lowest BCUT2D eigenvalue weighted by atomic mass is 9.98. The fourth-order valence-corrected chi connectivity index (χ4v) is 3.31. The SMILES string of the molecule is CCC(C)c1ccc2oc(-c3ccc(NC(=O)COc4ccc(Cl)cc4)cc3)nc2c1. The number of halogens is 1. The van der Waals surface area contributed by atoms with Gasteiger partial charge in [-0.05, 0) is 78.6 Å². The topological polar surface area (TPSA) is 64.4 Å². The van der Waals surface area contributed by atoms with E-state index < -0.39 is 0 Å². The number of nitrogens with zero attached hydrogens (tertiary/aromatic N) is 1. The number of aromatic nitrogens is 1. The fraction of sp³-hybridized carbons (Fsp3) is 0.200. The van der Waals surface area contributed by atoms with Crippen molar-refractivity contribution in [2.45, 2.75) is 26.2 Å². The highest BCUT2D eigenvalue weighted by Gasteiger charge is 2.11. The number of hydrogen-bond donors (Lipinski definition) is 1. The highest BCUT2D eigenvalue weighted by atomic mass is 35.5.